The summed E-state index contributed by atoms with van der Waals surface area (Å²) in [6.07, 6.45) is 3.50. The Morgan fingerprint density at radius 1 is 1.52 bits per heavy atom. The molecule has 1 saturated heterocycles. The van der Waals surface area contributed by atoms with Crippen molar-refractivity contribution in [2.24, 2.45) is 5.92 Å². The zero-order valence-electron chi connectivity index (χ0n) is 12.4. The third-order valence-corrected chi connectivity index (χ3v) is 4.19. The molecule has 2 aliphatic rings. The quantitative estimate of drug-likeness (QED) is 0.746. The van der Waals surface area contributed by atoms with Crippen molar-refractivity contribution < 1.29 is 19.4 Å². The molecule has 0 aromatic carbocycles. The van der Waals surface area contributed by atoms with Gasteiger partial charge in [-0.15, -0.1) is 0 Å². The Kier molecular flexibility index (Phi) is 4.84. The molecule has 23 heavy (non-hydrogen) atoms. The summed E-state index contributed by atoms with van der Waals surface area (Å²) in [5, 5.41) is 11.8. The molecule has 3 rings (SSSR count). The maximum absolute atomic E-state index is 12.3. The van der Waals surface area contributed by atoms with Crippen molar-refractivity contribution in [1.82, 2.24) is 9.55 Å². The number of rotatable bonds is 7. The predicted octanol–water partition coefficient (Wildman–Crippen LogP) is 0.587. The first-order chi connectivity index (χ1) is 11.0. The highest BCUT2D eigenvalue weighted by Crippen LogP contribution is 2.30. The Labute approximate surface area is 137 Å². The van der Waals surface area contributed by atoms with Gasteiger partial charge in [0, 0.05) is 6.61 Å². The highest BCUT2D eigenvalue weighted by molar-refractivity contribution is 6.29. The zero-order valence-corrected chi connectivity index (χ0v) is 13.2. The molecule has 0 bridgehead atoms. The lowest BCUT2D eigenvalue weighted by Crippen LogP contribution is -2.38. The number of hydrogen-bond donors (Lipinski definition) is 2. The molecule has 2 unspecified atom stereocenters. The first kappa shape index (κ1) is 16.2. The minimum absolute atomic E-state index is 0.0212. The van der Waals surface area contributed by atoms with Crippen LogP contribution in [0.5, 0.6) is 0 Å². The number of nitrogens with zero attached hydrogens (tertiary/aromatic N) is 2. The van der Waals surface area contributed by atoms with Crippen LogP contribution in [0.4, 0.5) is 5.82 Å². The van der Waals surface area contributed by atoms with Crippen LogP contribution < -0.4 is 10.9 Å². The number of ether oxygens (including phenoxy) is 2. The van der Waals surface area contributed by atoms with Crippen LogP contribution in [0.2, 0.25) is 5.15 Å². The lowest BCUT2D eigenvalue weighted by Gasteiger charge is -2.20. The van der Waals surface area contributed by atoms with E-state index in [2.05, 4.69) is 10.3 Å². The smallest absolute Gasteiger partial charge is 0.323 e. The van der Waals surface area contributed by atoms with E-state index in [0.717, 1.165) is 4.57 Å². The van der Waals surface area contributed by atoms with E-state index in [0.29, 0.717) is 25.7 Å². The SMILES string of the molecule is O=C(O)Cn1c(Cl)cnc(NC2COCC2OCC2CC2)c1=O. The lowest BCUT2D eigenvalue weighted by atomic mass is 10.2. The maximum atomic E-state index is 12.3. The highest BCUT2D eigenvalue weighted by Gasteiger charge is 2.32. The normalized spacial score (nSPS) is 23.9. The highest BCUT2D eigenvalue weighted by atomic mass is 35.5. The summed E-state index contributed by atoms with van der Waals surface area (Å²) in [6, 6.07) is -0.201. The molecule has 0 radical (unpaired) electrons. The van der Waals surface area contributed by atoms with E-state index in [1.807, 2.05) is 0 Å². The molecule has 0 spiro atoms. The van der Waals surface area contributed by atoms with Crippen molar-refractivity contribution in [3.05, 3.63) is 21.7 Å². The standard InChI is InChI=1S/C14H18ClN3O5/c15-11-3-16-13(14(21)18(11)4-12(19)20)17-9-6-22-7-10(9)23-5-8-1-2-8/h3,8-10H,1-2,4-7H2,(H,16,17)(H,19,20). The van der Waals surface area contributed by atoms with Crippen molar-refractivity contribution in [2.75, 3.05) is 25.1 Å². The molecule has 2 N–H and O–H groups in total. The van der Waals surface area contributed by atoms with E-state index in [1.54, 1.807) is 0 Å². The monoisotopic (exact) mass is 343 g/mol. The molecule has 1 aliphatic carbocycles. The van der Waals surface area contributed by atoms with Gasteiger partial charge in [-0.1, -0.05) is 11.6 Å². The van der Waals surface area contributed by atoms with Gasteiger partial charge in [0.05, 0.1) is 25.5 Å². The lowest BCUT2D eigenvalue weighted by molar-refractivity contribution is -0.137. The van der Waals surface area contributed by atoms with Crippen LogP contribution in [-0.2, 0) is 20.8 Å². The van der Waals surface area contributed by atoms with Crippen LogP contribution in [0.3, 0.4) is 0 Å². The number of aromatic nitrogens is 2. The van der Waals surface area contributed by atoms with E-state index in [4.69, 9.17) is 26.2 Å². The molecule has 0 amide bonds. The third-order valence-electron chi connectivity index (χ3n) is 3.89. The molecule has 126 valence electrons. The molecular formula is C14H18ClN3O5. The van der Waals surface area contributed by atoms with Gasteiger partial charge in [-0.05, 0) is 18.8 Å². The largest absolute Gasteiger partial charge is 0.480 e. The number of halogens is 1. The second kappa shape index (κ2) is 6.86. The first-order valence-electron chi connectivity index (χ1n) is 7.47. The Balaban J connectivity index is 1.71. The minimum Gasteiger partial charge on any atom is -0.480 e. The molecule has 8 nitrogen and oxygen atoms in total. The fourth-order valence-corrected chi connectivity index (χ4v) is 2.59. The van der Waals surface area contributed by atoms with Gasteiger partial charge in [-0.2, -0.15) is 0 Å². The minimum atomic E-state index is -1.15. The van der Waals surface area contributed by atoms with Crippen molar-refractivity contribution in [3.63, 3.8) is 0 Å². The van der Waals surface area contributed by atoms with Crippen LogP contribution >= 0.6 is 11.6 Å². The maximum Gasteiger partial charge on any atom is 0.323 e. The summed E-state index contributed by atoms with van der Waals surface area (Å²) in [5.41, 5.74) is -0.576. The summed E-state index contributed by atoms with van der Waals surface area (Å²) < 4.78 is 12.2. The number of anilines is 1. The molecule has 1 aromatic heterocycles. The van der Waals surface area contributed by atoms with Gasteiger partial charge < -0.3 is 19.9 Å². The van der Waals surface area contributed by atoms with E-state index in [1.165, 1.54) is 19.0 Å². The van der Waals surface area contributed by atoms with Gasteiger partial charge >= 0.3 is 5.97 Å². The van der Waals surface area contributed by atoms with Crippen molar-refractivity contribution >= 4 is 23.4 Å². The van der Waals surface area contributed by atoms with Gasteiger partial charge in [-0.25, -0.2) is 4.98 Å². The number of nitrogens with one attached hydrogen (secondary N) is 1. The Bertz CT molecular complexity index is 646. The molecule has 1 aliphatic heterocycles. The second-order valence-electron chi connectivity index (χ2n) is 5.82. The summed E-state index contributed by atoms with van der Waals surface area (Å²) >= 11 is 5.84. The number of carbonyl (C=O) groups is 1. The fraction of sp³-hybridized carbons (Fsp3) is 0.643. The molecule has 9 heteroatoms. The Morgan fingerprint density at radius 2 is 2.30 bits per heavy atom. The van der Waals surface area contributed by atoms with Gasteiger partial charge in [0.1, 0.15) is 17.8 Å². The third kappa shape index (κ3) is 4.01. The van der Waals surface area contributed by atoms with Crippen LogP contribution in [0, 0.1) is 5.92 Å². The van der Waals surface area contributed by atoms with E-state index in [-0.39, 0.29) is 23.1 Å². The van der Waals surface area contributed by atoms with E-state index < -0.39 is 18.1 Å². The average molecular weight is 344 g/mol. The molecule has 2 atom stereocenters. The Hall–Kier alpha value is -1.64. The van der Waals surface area contributed by atoms with Gasteiger partial charge in [0.15, 0.2) is 5.82 Å². The molecule has 1 saturated carbocycles. The van der Waals surface area contributed by atoms with Crippen LogP contribution in [0.15, 0.2) is 11.0 Å². The number of carboxylic acids is 1. The van der Waals surface area contributed by atoms with Gasteiger partial charge in [0.25, 0.3) is 5.56 Å². The summed E-state index contributed by atoms with van der Waals surface area (Å²) in [4.78, 5) is 27.1. The van der Waals surface area contributed by atoms with Gasteiger partial charge in [-0.3, -0.25) is 14.2 Å². The molecule has 2 fully saturated rings. The molecule has 1 aromatic rings. The summed E-state index contributed by atoms with van der Waals surface area (Å²) in [6.45, 7) is 1.04. The van der Waals surface area contributed by atoms with Gasteiger partial charge in [0.2, 0.25) is 0 Å². The first-order valence-corrected chi connectivity index (χ1v) is 7.85. The van der Waals surface area contributed by atoms with Crippen LogP contribution in [0.1, 0.15) is 12.8 Å². The van der Waals surface area contributed by atoms with Crippen molar-refractivity contribution in [2.45, 2.75) is 31.5 Å². The number of carboxylic acid groups (broad SMARTS) is 1. The topological polar surface area (TPSA) is 103 Å². The fourth-order valence-electron chi connectivity index (χ4n) is 2.40. The summed E-state index contributed by atoms with van der Waals surface area (Å²) in [7, 11) is 0. The van der Waals surface area contributed by atoms with Crippen molar-refractivity contribution in [3.8, 4) is 0 Å². The average Bonchev–Trinajstić information content (AvgIpc) is 3.23. The zero-order chi connectivity index (χ0) is 16.4. The van der Waals surface area contributed by atoms with Crippen LogP contribution in [-0.4, -0.2) is 52.6 Å². The summed E-state index contributed by atoms with van der Waals surface area (Å²) in [5.74, 6) is -0.468. The van der Waals surface area contributed by atoms with E-state index >= 15 is 0 Å². The predicted molar refractivity (Wildman–Crippen MR) is 81.8 cm³/mol. The van der Waals surface area contributed by atoms with Crippen LogP contribution in [0.25, 0.3) is 0 Å². The number of aliphatic carboxylic acids is 1. The second-order valence-corrected chi connectivity index (χ2v) is 6.21. The number of hydrogen-bond acceptors (Lipinski definition) is 6. The molecule has 2 heterocycles. The van der Waals surface area contributed by atoms with E-state index in [9.17, 15) is 9.59 Å². The molecular weight excluding hydrogens is 326 g/mol. The Morgan fingerprint density at radius 3 is 3.00 bits per heavy atom. The van der Waals surface area contributed by atoms with Crippen molar-refractivity contribution in [1.29, 1.82) is 0 Å².